The molecule has 2 heterocycles. The molecule has 5 unspecified atom stereocenters. The average Bonchev–Trinajstić information content (AvgIpc) is 3.19. The van der Waals surface area contributed by atoms with Crippen LogP contribution in [-0.4, -0.2) is 67.6 Å². The predicted molar refractivity (Wildman–Crippen MR) is 129 cm³/mol. The number of carbonyl (C=O) groups is 1. The molecule has 3 N–H and O–H groups in total. The summed E-state index contributed by atoms with van der Waals surface area (Å²) in [5.41, 5.74) is 5.96. The quantitative estimate of drug-likeness (QED) is 0.607. The van der Waals surface area contributed by atoms with Gasteiger partial charge in [-0.2, -0.15) is 0 Å². The largest absolute Gasteiger partial charge is 0.432 e. The summed E-state index contributed by atoms with van der Waals surface area (Å²) in [6, 6.07) is 1.53. The molecule has 4 fully saturated rings. The molecule has 5 nitrogen and oxygen atoms in total. The smallest absolute Gasteiger partial charge is 0.225 e. The van der Waals surface area contributed by atoms with Crippen molar-refractivity contribution in [1.82, 2.24) is 9.80 Å². The van der Waals surface area contributed by atoms with E-state index in [1.54, 1.807) is 0 Å². The SMILES string of the molecule is C[Si](C)(O)CCN1CCC2CCC(C(=O)N3CCC(C4CCCC(CN)C4)CC3)CC21. The maximum Gasteiger partial charge on any atom is 0.225 e. The lowest BCUT2D eigenvalue weighted by molar-refractivity contribution is -0.139. The van der Waals surface area contributed by atoms with Gasteiger partial charge in [-0.05, 0) is 114 Å². The molecule has 1 amide bonds. The molecule has 4 rings (SSSR count). The number of carbonyl (C=O) groups excluding carboxylic acids is 1. The van der Waals surface area contributed by atoms with Crippen molar-refractivity contribution in [3.8, 4) is 0 Å². The molecule has 0 radical (unpaired) electrons. The van der Waals surface area contributed by atoms with E-state index < -0.39 is 8.32 Å². The van der Waals surface area contributed by atoms with Crippen LogP contribution in [-0.2, 0) is 4.79 Å². The van der Waals surface area contributed by atoms with Gasteiger partial charge in [-0.15, -0.1) is 0 Å². The van der Waals surface area contributed by atoms with Crippen LogP contribution in [0.2, 0.25) is 19.1 Å². The minimum atomic E-state index is -2.00. The fourth-order valence-electron chi connectivity index (χ4n) is 7.23. The number of nitrogens with two attached hydrogens (primary N) is 1. The Morgan fingerprint density at radius 2 is 1.68 bits per heavy atom. The molecule has 31 heavy (non-hydrogen) atoms. The monoisotopic (exact) mass is 449 g/mol. The zero-order valence-electron chi connectivity index (χ0n) is 20.1. The number of amides is 1. The number of piperidine rings is 1. The summed E-state index contributed by atoms with van der Waals surface area (Å²) >= 11 is 0. The number of hydrogen-bond donors (Lipinski definition) is 2. The van der Waals surface area contributed by atoms with Crippen molar-refractivity contribution >= 4 is 14.2 Å². The van der Waals surface area contributed by atoms with Gasteiger partial charge in [-0.25, -0.2) is 0 Å². The Hall–Kier alpha value is -0.433. The van der Waals surface area contributed by atoms with Crippen LogP contribution < -0.4 is 5.73 Å². The van der Waals surface area contributed by atoms with E-state index in [0.29, 0.717) is 11.9 Å². The first kappa shape index (κ1) is 23.7. The van der Waals surface area contributed by atoms with Crippen molar-refractivity contribution in [3.05, 3.63) is 0 Å². The molecule has 4 aliphatic rings. The van der Waals surface area contributed by atoms with E-state index >= 15 is 0 Å². The highest BCUT2D eigenvalue weighted by molar-refractivity contribution is 6.69. The van der Waals surface area contributed by atoms with E-state index in [2.05, 4.69) is 9.80 Å². The van der Waals surface area contributed by atoms with E-state index in [-0.39, 0.29) is 5.92 Å². The number of rotatable bonds is 6. The van der Waals surface area contributed by atoms with Gasteiger partial charge >= 0.3 is 0 Å². The molecule has 6 heteroatoms. The molecule has 5 atom stereocenters. The second-order valence-corrected chi connectivity index (χ2v) is 16.0. The maximum absolute atomic E-state index is 13.4. The highest BCUT2D eigenvalue weighted by Gasteiger charge is 2.42. The Kier molecular flexibility index (Phi) is 7.83. The van der Waals surface area contributed by atoms with Crippen LogP contribution in [0.15, 0.2) is 0 Å². The van der Waals surface area contributed by atoms with E-state index in [4.69, 9.17) is 5.73 Å². The maximum atomic E-state index is 13.4. The molecule has 0 bridgehead atoms. The van der Waals surface area contributed by atoms with Crippen molar-refractivity contribution in [2.24, 2.45) is 35.3 Å². The standard InChI is InChI=1S/C25H47N3O2Si/c1-31(2,30)15-14-27-11-10-21-6-7-23(17-24(21)27)25(29)28-12-8-20(9-13-28)22-5-3-4-19(16-22)18-26/h19-24,30H,3-18,26H2,1-2H3. The number of nitrogens with zero attached hydrogens (tertiary/aromatic N) is 2. The Balaban J connectivity index is 1.26. The van der Waals surface area contributed by atoms with Gasteiger partial charge in [0.05, 0.1) is 0 Å². The zero-order chi connectivity index (χ0) is 22.0. The van der Waals surface area contributed by atoms with Gasteiger partial charge in [-0.3, -0.25) is 4.79 Å². The van der Waals surface area contributed by atoms with Crippen LogP contribution in [0.5, 0.6) is 0 Å². The first-order valence-electron chi connectivity index (χ1n) is 13.3. The first-order chi connectivity index (χ1) is 14.8. The molecule has 0 aromatic heterocycles. The molecule has 0 aromatic rings. The van der Waals surface area contributed by atoms with Gasteiger partial charge in [0.25, 0.3) is 0 Å². The highest BCUT2D eigenvalue weighted by atomic mass is 28.4. The highest BCUT2D eigenvalue weighted by Crippen LogP contribution is 2.41. The number of hydrogen-bond acceptors (Lipinski definition) is 4. The third kappa shape index (κ3) is 5.93. The Morgan fingerprint density at radius 1 is 0.935 bits per heavy atom. The number of fused-ring (bicyclic) bond motifs is 1. The molecule has 0 aromatic carbocycles. The lowest BCUT2D eigenvalue weighted by Gasteiger charge is -2.42. The third-order valence-corrected chi connectivity index (χ3v) is 10.7. The molecule has 0 spiro atoms. The summed E-state index contributed by atoms with van der Waals surface area (Å²) in [5, 5.41) is 0. The van der Waals surface area contributed by atoms with Gasteiger partial charge in [0.2, 0.25) is 5.91 Å². The van der Waals surface area contributed by atoms with Gasteiger partial charge < -0.3 is 20.3 Å². The summed E-state index contributed by atoms with van der Waals surface area (Å²) in [6.45, 7) is 9.08. The van der Waals surface area contributed by atoms with Crippen LogP contribution in [0.1, 0.15) is 64.2 Å². The van der Waals surface area contributed by atoms with Gasteiger partial charge in [0.15, 0.2) is 8.32 Å². The third-order valence-electron chi connectivity index (χ3n) is 9.25. The Morgan fingerprint density at radius 3 is 2.39 bits per heavy atom. The van der Waals surface area contributed by atoms with Crippen LogP contribution in [0, 0.1) is 29.6 Å². The van der Waals surface area contributed by atoms with E-state index in [1.165, 1.54) is 51.4 Å². The number of likely N-dealkylation sites (tertiary alicyclic amines) is 2. The second kappa shape index (κ2) is 10.2. The van der Waals surface area contributed by atoms with Crippen LogP contribution in [0.3, 0.4) is 0 Å². The molecular weight excluding hydrogens is 402 g/mol. The van der Waals surface area contributed by atoms with Gasteiger partial charge in [-0.1, -0.05) is 12.8 Å². The van der Waals surface area contributed by atoms with Crippen molar-refractivity contribution in [3.63, 3.8) is 0 Å². The molecule has 2 saturated carbocycles. The minimum Gasteiger partial charge on any atom is -0.432 e. The summed E-state index contributed by atoms with van der Waals surface area (Å²) in [7, 11) is -2.00. The van der Waals surface area contributed by atoms with Crippen LogP contribution in [0.4, 0.5) is 0 Å². The van der Waals surface area contributed by atoms with Crippen molar-refractivity contribution < 1.29 is 9.59 Å². The molecule has 2 aliphatic carbocycles. The van der Waals surface area contributed by atoms with Crippen molar-refractivity contribution in [2.75, 3.05) is 32.7 Å². The van der Waals surface area contributed by atoms with E-state index in [9.17, 15) is 9.59 Å². The van der Waals surface area contributed by atoms with E-state index in [0.717, 1.165) is 75.3 Å². The van der Waals surface area contributed by atoms with Gasteiger partial charge in [0, 0.05) is 25.0 Å². The zero-order valence-corrected chi connectivity index (χ0v) is 21.1. The van der Waals surface area contributed by atoms with E-state index in [1.807, 2.05) is 13.1 Å². The van der Waals surface area contributed by atoms with Crippen LogP contribution >= 0.6 is 0 Å². The Bertz CT molecular complexity index is 602. The fraction of sp³-hybridized carbons (Fsp3) is 0.960. The summed E-state index contributed by atoms with van der Waals surface area (Å²) < 4.78 is 0. The molecular formula is C25H47N3O2Si. The Labute approximate surface area is 191 Å². The lowest BCUT2D eigenvalue weighted by Crippen LogP contribution is -2.47. The minimum absolute atomic E-state index is 0.231. The summed E-state index contributed by atoms with van der Waals surface area (Å²) in [4.78, 5) is 28.5. The second-order valence-electron chi connectivity index (χ2n) is 11.9. The van der Waals surface area contributed by atoms with Gasteiger partial charge in [0.1, 0.15) is 0 Å². The molecule has 2 aliphatic heterocycles. The normalized spacial score (nSPS) is 35.9. The predicted octanol–water partition coefficient (Wildman–Crippen LogP) is 3.68. The topological polar surface area (TPSA) is 69.8 Å². The molecule has 2 saturated heterocycles. The van der Waals surface area contributed by atoms with Crippen molar-refractivity contribution in [1.29, 1.82) is 0 Å². The average molecular weight is 450 g/mol. The fourth-order valence-corrected chi connectivity index (χ4v) is 8.07. The summed E-state index contributed by atoms with van der Waals surface area (Å²) in [6.07, 6.45) is 12.4. The summed E-state index contributed by atoms with van der Waals surface area (Å²) in [5.74, 6) is 3.85. The first-order valence-corrected chi connectivity index (χ1v) is 16.4. The van der Waals surface area contributed by atoms with Crippen molar-refractivity contribution in [2.45, 2.75) is 89.4 Å². The van der Waals surface area contributed by atoms with Crippen LogP contribution in [0.25, 0.3) is 0 Å². The molecule has 178 valence electrons. The lowest BCUT2D eigenvalue weighted by atomic mass is 9.72.